The van der Waals surface area contributed by atoms with Gasteiger partial charge in [0.25, 0.3) is 0 Å². The second-order valence-corrected chi connectivity index (χ2v) is 3.84. The molecule has 0 spiro atoms. The summed E-state index contributed by atoms with van der Waals surface area (Å²) in [4.78, 5) is 10.5. The van der Waals surface area contributed by atoms with E-state index in [0.717, 1.165) is 0 Å². The van der Waals surface area contributed by atoms with Crippen LogP contribution in [0, 0.1) is 0 Å². The Balaban J connectivity index is 2.50. The highest BCUT2D eigenvalue weighted by atomic mass is 35.5. The Morgan fingerprint density at radius 2 is 1.94 bits per heavy atom. The summed E-state index contributed by atoms with van der Waals surface area (Å²) in [5.74, 6) is -1.28. The Kier molecular flexibility index (Phi) is 2.90. The topological polar surface area (TPSA) is 53.3 Å². The fourth-order valence-corrected chi connectivity index (χ4v) is 1.68. The Morgan fingerprint density at radius 3 is 2.56 bits per heavy atom. The molecule has 0 unspecified atom stereocenters. The van der Waals surface area contributed by atoms with Crippen LogP contribution in [-0.2, 0) is 0 Å². The molecule has 0 N–H and O–H groups in total. The molecule has 0 saturated heterocycles. The van der Waals surface area contributed by atoms with E-state index in [1.165, 1.54) is 12.1 Å². The van der Waals surface area contributed by atoms with Crippen molar-refractivity contribution in [2.75, 3.05) is 0 Å². The summed E-state index contributed by atoms with van der Waals surface area (Å²) in [5.41, 5.74) is 0.543. The van der Waals surface area contributed by atoms with E-state index in [1.54, 1.807) is 18.2 Å². The number of benzene rings is 1. The minimum Gasteiger partial charge on any atom is -0.542 e. The smallest absolute Gasteiger partial charge is 0.150 e. The first-order valence-corrected chi connectivity index (χ1v) is 5.11. The van der Waals surface area contributed by atoms with Crippen LogP contribution in [-0.4, -0.2) is 5.97 Å². The molecule has 1 aromatic heterocycles. The molecule has 2 rings (SSSR count). The van der Waals surface area contributed by atoms with Gasteiger partial charge in [-0.3, -0.25) is 0 Å². The number of hydrogen-bond acceptors (Lipinski definition) is 3. The van der Waals surface area contributed by atoms with Crippen molar-refractivity contribution in [3.63, 3.8) is 0 Å². The van der Waals surface area contributed by atoms with Crippen LogP contribution in [0.3, 0.4) is 0 Å². The fourth-order valence-electron chi connectivity index (χ4n) is 1.29. The van der Waals surface area contributed by atoms with Crippen LogP contribution in [0.25, 0.3) is 11.3 Å². The van der Waals surface area contributed by atoms with Gasteiger partial charge in [-0.05, 0) is 24.3 Å². The molecule has 1 heterocycles. The number of rotatable bonds is 2. The van der Waals surface area contributed by atoms with Crippen molar-refractivity contribution in [1.29, 1.82) is 0 Å². The van der Waals surface area contributed by atoms with E-state index >= 15 is 0 Å². The monoisotopic (exact) mass is 255 g/mol. The predicted molar refractivity (Wildman–Crippen MR) is 58.5 cm³/mol. The van der Waals surface area contributed by atoms with Crippen LogP contribution >= 0.6 is 23.2 Å². The van der Waals surface area contributed by atoms with Crippen LogP contribution in [0.15, 0.2) is 34.7 Å². The maximum atomic E-state index is 10.5. The fraction of sp³-hybridized carbons (Fsp3) is 0. The van der Waals surface area contributed by atoms with Gasteiger partial charge in [-0.2, -0.15) is 0 Å². The third-order valence-corrected chi connectivity index (χ3v) is 2.84. The molecule has 2 aromatic rings. The highest BCUT2D eigenvalue weighted by Gasteiger charge is 2.10. The zero-order valence-electron chi connectivity index (χ0n) is 7.87. The maximum Gasteiger partial charge on any atom is 0.150 e. The lowest BCUT2D eigenvalue weighted by molar-refractivity contribution is -0.257. The molecule has 0 amide bonds. The van der Waals surface area contributed by atoms with E-state index in [4.69, 9.17) is 27.6 Å². The van der Waals surface area contributed by atoms with Gasteiger partial charge >= 0.3 is 0 Å². The number of aromatic carboxylic acids is 1. The van der Waals surface area contributed by atoms with Gasteiger partial charge in [0, 0.05) is 5.56 Å². The molecule has 0 aliphatic rings. The largest absolute Gasteiger partial charge is 0.542 e. The average Bonchev–Trinajstić information content (AvgIpc) is 2.71. The van der Waals surface area contributed by atoms with Gasteiger partial charge in [-0.25, -0.2) is 0 Å². The van der Waals surface area contributed by atoms with Gasteiger partial charge in [-0.1, -0.05) is 29.3 Å². The lowest BCUT2D eigenvalue weighted by Gasteiger charge is -2.02. The van der Waals surface area contributed by atoms with Crippen LogP contribution in [0.5, 0.6) is 0 Å². The Labute approximate surface area is 101 Å². The summed E-state index contributed by atoms with van der Waals surface area (Å²) in [6.07, 6.45) is 0. The van der Waals surface area contributed by atoms with E-state index in [9.17, 15) is 9.90 Å². The van der Waals surface area contributed by atoms with Crippen LogP contribution in [0.4, 0.5) is 0 Å². The number of halogens is 2. The second kappa shape index (κ2) is 4.20. The number of hydrogen-bond donors (Lipinski definition) is 0. The van der Waals surface area contributed by atoms with Crippen molar-refractivity contribution in [2.45, 2.75) is 0 Å². The summed E-state index contributed by atoms with van der Waals surface area (Å²) in [6.45, 7) is 0. The van der Waals surface area contributed by atoms with Crippen LogP contribution in [0.1, 0.15) is 10.6 Å². The molecule has 82 valence electrons. The molecular weight excluding hydrogens is 251 g/mol. The molecule has 5 heteroatoms. The van der Waals surface area contributed by atoms with Crippen LogP contribution < -0.4 is 5.11 Å². The Hall–Kier alpha value is -1.45. The van der Waals surface area contributed by atoms with Crippen molar-refractivity contribution in [3.8, 4) is 11.3 Å². The van der Waals surface area contributed by atoms with E-state index in [1.807, 2.05) is 0 Å². The standard InChI is InChI=1S/C11H6Cl2O3/c12-7-3-1-2-6(10(7)13)8-4-5-9(16-8)11(14)15/h1-5H,(H,14,15)/p-1. The summed E-state index contributed by atoms with van der Waals surface area (Å²) >= 11 is 11.8. The Morgan fingerprint density at radius 1 is 1.19 bits per heavy atom. The second-order valence-electron chi connectivity index (χ2n) is 3.05. The molecule has 0 fully saturated rings. The quantitative estimate of drug-likeness (QED) is 0.829. The van der Waals surface area contributed by atoms with Crippen molar-refractivity contribution in [2.24, 2.45) is 0 Å². The molecule has 16 heavy (non-hydrogen) atoms. The summed E-state index contributed by atoms with van der Waals surface area (Å²) in [7, 11) is 0. The molecule has 0 radical (unpaired) electrons. The molecule has 0 saturated carbocycles. The molecule has 0 aliphatic heterocycles. The number of carbonyl (C=O) groups excluding carboxylic acids is 1. The third-order valence-electron chi connectivity index (χ3n) is 2.02. The lowest BCUT2D eigenvalue weighted by Crippen LogP contribution is -2.21. The Bertz CT molecular complexity index is 546. The molecular formula is C11H5Cl2O3-. The molecule has 0 bridgehead atoms. The third kappa shape index (κ3) is 1.92. The van der Waals surface area contributed by atoms with Gasteiger partial charge in [0.1, 0.15) is 17.5 Å². The number of carbonyl (C=O) groups is 1. The summed E-state index contributed by atoms with van der Waals surface area (Å²) in [6, 6.07) is 7.83. The zero-order chi connectivity index (χ0) is 11.7. The molecule has 1 aromatic carbocycles. The first-order chi connectivity index (χ1) is 7.59. The van der Waals surface area contributed by atoms with Crippen molar-refractivity contribution >= 4 is 29.2 Å². The highest BCUT2D eigenvalue weighted by Crippen LogP contribution is 2.34. The average molecular weight is 256 g/mol. The van der Waals surface area contributed by atoms with Crippen molar-refractivity contribution < 1.29 is 14.3 Å². The number of furan rings is 1. The number of carboxylic acids is 1. The molecule has 0 aliphatic carbocycles. The summed E-state index contributed by atoms with van der Waals surface area (Å²) in [5, 5.41) is 11.2. The maximum absolute atomic E-state index is 10.5. The van der Waals surface area contributed by atoms with E-state index in [2.05, 4.69) is 0 Å². The first-order valence-electron chi connectivity index (χ1n) is 4.35. The number of carboxylic acid groups (broad SMARTS) is 1. The lowest BCUT2D eigenvalue weighted by atomic mass is 10.2. The molecule has 0 atom stereocenters. The van der Waals surface area contributed by atoms with Gasteiger partial charge in [0.15, 0.2) is 0 Å². The predicted octanol–water partition coefficient (Wildman–Crippen LogP) is 2.62. The van der Waals surface area contributed by atoms with E-state index in [0.29, 0.717) is 21.4 Å². The van der Waals surface area contributed by atoms with E-state index < -0.39 is 5.97 Å². The highest BCUT2D eigenvalue weighted by molar-refractivity contribution is 6.43. The van der Waals surface area contributed by atoms with Crippen molar-refractivity contribution in [1.82, 2.24) is 0 Å². The van der Waals surface area contributed by atoms with Gasteiger partial charge in [-0.15, -0.1) is 0 Å². The minimum absolute atomic E-state index is 0.244. The van der Waals surface area contributed by atoms with Crippen molar-refractivity contribution in [3.05, 3.63) is 46.1 Å². The SMILES string of the molecule is O=C([O-])c1ccc(-c2cccc(Cl)c2Cl)o1. The molecule has 3 nitrogen and oxygen atoms in total. The normalized spacial score (nSPS) is 10.4. The van der Waals surface area contributed by atoms with Crippen LogP contribution in [0.2, 0.25) is 10.0 Å². The van der Waals surface area contributed by atoms with Gasteiger partial charge in [0.2, 0.25) is 0 Å². The van der Waals surface area contributed by atoms with Gasteiger partial charge < -0.3 is 14.3 Å². The minimum atomic E-state index is -1.37. The summed E-state index contributed by atoms with van der Waals surface area (Å²) < 4.78 is 5.06. The van der Waals surface area contributed by atoms with Gasteiger partial charge in [0.05, 0.1) is 10.0 Å². The van der Waals surface area contributed by atoms with E-state index in [-0.39, 0.29) is 5.76 Å². The first kappa shape index (κ1) is 11.0. The zero-order valence-corrected chi connectivity index (χ0v) is 9.38.